The first kappa shape index (κ1) is 90.9. The molecule has 120 heavy (non-hydrogen) atoms. The Bertz CT molecular complexity index is 4040. The molecule has 636 valence electrons. The first-order chi connectivity index (χ1) is 58.8. The maximum absolute atomic E-state index is 14.9. The Kier molecular flexibility index (Phi) is 37.8. The smallest absolute Gasteiger partial charge is 0.343 e. The summed E-state index contributed by atoms with van der Waals surface area (Å²) in [6.07, 6.45) is 31.6. The predicted molar refractivity (Wildman–Crippen MR) is 473 cm³/mol. The lowest BCUT2D eigenvalue weighted by molar-refractivity contribution is 0.0682. The van der Waals surface area contributed by atoms with Crippen LogP contribution in [0.4, 0.5) is 0 Å². The highest BCUT2D eigenvalue weighted by Crippen LogP contribution is 2.48. The van der Waals surface area contributed by atoms with Crippen LogP contribution in [0.1, 0.15) is 296 Å². The quantitative estimate of drug-likeness (QED) is 0.0150. The number of unbranched alkanes of at least 4 members (excludes halogenated alkanes) is 24. The summed E-state index contributed by atoms with van der Waals surface area (Å²) in [6.45, 7) is 16.0. The number of carbonyl (C=O) groups excluding carboxylic acids is 6. The number of rotatable bonds is 54. The summed E-state index contributed by atoms with van der Waals surface area (Å²) in [6, 6.07) is 48.5. The molecule has 10 rings (SSSR count). The summed E-state index contributed by atoms with van der Waals surface area (Å²) in [5, 5.41) is 1.74. The number of carbonyl (C=O) groups is 6. The third-order valence-electron chi connectivity index (χ3n) is 21.0. The van der Waals surface area contributed by atoms with Crippen LogP contribution in [0.25, 0.3) is 32.3 Å². The minimum atomic E-state index is -0.823. The molecule has 0 heterocycles. The second-order valence-electron chi connectivity index (χ2n) is 30.6. The Morgan fingerprint density at radius 1 is 0.175 bits per heavy atom. The SMILES string of the molecule is CCCCCCCOc1ccc(C(=O)Oc2cc3c4cc(OC(=O)c5ccc(OCCCCCCC)cc5)c(OC(=O)c5ccc(OCCCCCCC)cc5)cc4c4cc(OC(=O)c5ccc(OCCCCCCC)cc5)c(OC(=O)c5ccc(OCCCCCCC)cc5)cc4c3cc2OC(=O)c2ccc(OCCCCCCC)cc2)cc1. The van der Waals surface area contributed by atoms with Crippen molar-refractivity contribution in [3.05, 3.63) is 215 Å². The normalized spacial score (nSPS) is 11.2. The van der Waals surface area contributed by atoms with Gasteiger partial charge in [-0.2, -0.15) is 0 Å². The van der Waals surface area contributed by atoms with Gasteiger partial charge in [0.15, 0.2) is 34.5 Å². The van der Waals surface area contributed by atoms with Gasteiger partial charge in [0.2, 0.25) is 0 Å². The number of hydrogen-bond acceptors (Lipinski definition) is 18. The maximum Gasteiger partial charge on any atom is 0.343 e. The van der Waals surface area contributed by atoms with E-state index in [1.165, 1.54) is 36.4 Å². The Morgan fingerprint density at radius 3 is 0.425 bits per heavy atom. The van der Waals surface area contributed by atoms with Crippen LogP contribution in [0.15, 0.2) is 182 Å². The Morgan fingerprint density at radius 2 is 0.300 bits per heavy atom. The Labute approximate surface area is 708 Å². The van der Waals surface area contributed by atoms with Gasteiger partial charge in [-0.3, -0.25) is 0 Å². The number of hydrogen-bond donors (Lipinski definition) is 0. The zero-order chi connectivity index (χ0) is 84.5. The van der Waals surface area contributed by atoms with Gasteiger partial charge in [0, 0.05) is 0 Å². The average molecular weight is 1630 g/mol. The zero-order valence-electron chi connectivity index (χ0n) is 71.1. The highest BCUT2D eigenvalue weighted by Gasteiger charge is 2.28. The van der Waals surface area contributed by atoms with E-state index < -0.39 is 35.8 Å². The summed E-state index contributed by atoms with van der Waals surface area (Å²) in [5.41, 5.74) is 0.836. The molecule has 0 saturated carbocycles. The van der Waals surface area contributed by atoms with Gasteiger partial charge < -0.3 is 56.8 Å². The van der Waals surface area contributed by atoms with Crippen LogP contribution in [-0.4, -0.2) is 75.5 Å². The summed E-state index contributed by atoms with van der Waals surface area (Å²) >= 11 is 0. The van der Waals surface area contributed by atoms with Crippen molar-refractivity contribution in [3.8, 4) is 69.0 Å². The van der Waals surface area contributed by atoms with Gasteiger partial charge in [-0.1, -0.05) is 196 Å². The zero-order valence-corrected chi connectivity index (χ0v) is 71.1. The molecule has 10 aromatic carbocycles. The van der Waals surface area contributed by atoms with Crippen molar-refractivity contribution in [1.29, 1.82) is 0 Å². The molecule has 0 aromatic heterocycles. The molecule has 0 N–H and O–H groups in total. The van der Waals surface area contributed by atoms with Crippen molar-refractivity contribution < 1.29 is 85.6 Å². The molecular formula is C102H120O18. The van der Waals surface area contributed by atoms with Crippen molar-refractivity contribution in [3.63, 3.8) is 0 Å². The van der Waals surface area contributed by atoms with Gasteiger partial charge in [0.25, 0.3) is 0 Å². The highest BCUT2D eigenvalue weighted by atomic mass is 16.6. The lowest BCUT2D eigenvalue weighted by Gasteiger charge is -2.19. The molecule has 18 nitrogen and oxygen atoms in total. The minimum Gasteiger partial charge on any atom is -0.494 e. The molecule has 0 aliphatic carbocycles. The van der Waals surface area contributed by atoms with Crippen LogP contribution >= 0.6 is 0 Å². The third kappa shape index (κ3) is 28.4. The van der Waals surface area contributed by atoms with E-state index in [9.17, 15) is 28.8 Å². The van der Waals surface area contributed by atoms with Crippen molar-refractivity contribution in [2.75, 3.05) is 39.6 Å². The Balaban J connectivity index is 1.15. The van der Waals surface area contributed by atoms with Crippen molar-refractivity contribution in [1.82, 2.24) is 0 Å². The average Bonchev–Trinajstić information content (AvgIpc) is 0.721. The molecule has 0 atom stereocenters. The summed E-state index contributed by atoms with van der Waals surface area (Å²) in [5.74, 6) is -2.90. The molecule has 0 aliphatic rings. The minimum absolute atomic E-state index is 0.139. The molecule has 0 fully saturated rings. The fourth-order valence-corrected chi connectivity index (χ4v) is 13.9. The van der Waals surface area contributed by atoms with E-state index >= 15 is 0 Å². The van der Waals surface area contributed by atoms with Crippen molar-refractivity contribution in [2.24, 2.45) is 0 Å². The van der Waals surface area contributed by atoms with Gasteiger partial charge in [-0.25, -0.2) is 28.8 Å². The summed E-state index contributed by atoms with van der Waals surface area (Å²) < 4.78 is 75.1. The molecule has 18 heteroatoms. The van der Waals surface area contributed by atoms with Crippen LogP contribution < -0.4 is 56.8 Å². The standard InChI is InChI=1S/C102H120O18/c1-7-13-19-25-31-61-109-79-49-37-73(38-50-79)97(103)115-91-67-85-86(68-92(91)116-98(104)74-39-51-80(52-40-74)110-62-32-26-20-14-8-2)88-70-94(118-100(106)76-43-55-82(56-44-76)112-64-34-28-22-16-10-4)96(120-102(108)78-47-59-84(60-48-78)114-66-36-30-24-18-12-6)72-90(88)89-71-95(119-101(107)77-45-57-83(58-46-77)113-65-35-29-23-17-11-5)93(69-87(85)89)117-99(105)75-41-53-81(54-42-75)111-63-33-27-21-15-9-3/h37-60,67-72H,7-36,61-66H2,1-6H3. The molecule has 0 amide bonds. The van der Waals surface area contributed by atoms with Crippen LogP contribution in [0.3, 0.4) is 0 Å². The monoisotopic (exact) mass is 1630 g/mol. The largest absolute Gasteiger partial charge is 0.494 e. The van der Waals surface area contributed by atoms with Gasteiger partial charge >= 0.3 is 35.8 Å². The second-order valence-corrected chi connectivity index (χ2v) is 30.6. The van der Waals surface area contributed by atoms with Gasteiger partial charge in [-0.05, 0) is 253 Å². The lowest BCUT2D eigenvalue weighted by Crippen LogP contribution is -2.14. The molecule has 0 radical (unpaired) electrons. The van der Waals surface area contributed by atoms with Crippen LogP contribution in [0.5, 0.6) is 69.0 Å². The van der Waals surface area contributed by atoms with Gasteiger partial charge in [0.1, 0.15) is 34.5 Å². The maximum atomic E-state index is 14.9. The first-order valence-electron chi connectivity index (χ1n) is 44.0. The molecule has 0 aliphatic heterocycles. The molecule has 10 aromatic rings. The number of esters is 6. The summed E-state index contributed by atoms with van der Waals surface area (Å²) in [7, 11) is 0. The van der Waals surface area contributed by atoms with E-state index in [0.29, 0.717) is 74.1 Å². The molecule has 0 unspecified atom stereocenters. The van der Waals surface area contributed by atoms with Gasteiger partial charge in [-0.15, -0.1) is 0 Å². The van der Waals surface area contributed by atoms with Gasteiger partial charge in [0.05, 0.1) is 73.0 Å². The molecular weight excluding hydrogens is 1510 g/mol. The van der Waals surface area contributed by atoms with E-state index in [-0.39, 0.29) is 100 Å². The van der Waals surface area contributed by atoms with E-state index in [1.54, 1.807) is 146 Å². The van der Waals surface area contributed by atoms with Crippen molar-refractivity contribution >= 4 is 68.1 Å². The lowest BCUT2D eigenvalue weighted by atomic mass is 9.93. The summed E-state index contributed by atoms with van der Waals surface area (Å²) in [4.78, 5) is 89.2. The molecule has 0 bridgehead atoms. The fraction of sp³-hybridized carbons (Fsp3) is 0.412. The van der Waals surface area contributed by atoms with E-state index in [4.69, 9.17) is 56.8 Å². The van der Waals surface area contributed by atoms with E-state index in [0.717, 1.165) is 193 Å². The number of benzene rings is 10. The van der Waals surface area contributed by atoms with Crippen molar-refractivity contribution in [2.45, 2.75) is 234 Å². The predicted octanol–water partition coefficient (Wildman–Crippen LogP) is 26.6. The topological polar surface area (TPSA) is 213 Å². The number of ether oxygens (including phenoxy) is 12. The van der Waals surface area contributed by atoms with Crippen LogP contribution in [-0.2, 0) is 0 Å². The number of fused-ring (bicyclic) bond motifs is 6. The van der Waals surface area contributed by atoms with E-state index in [1.807, 2.05) is 0 Å². The first-order valence-corrected chi connectivity index (χ1v) is 44.0. The third-order valence-corrected chi connectivity index (χ3v) is 21.0. The van der Waals surface area contributed by atoms with E-state index in [2.05, 4.69) is 41.5 Å². The molecule has 0 spiro atoms. The van der Waals surface area contributed by atoms with Crippen LogP contribution in [0, 0.1) is 0 Å². The second kappa shape index (κ2) is 49.9. The Hall–Kier alpha value is -11.4. The molecule has 0 saturated heterocycles. The highest BCUT2D eigenvalue weighted by molar-refractivity contribution is 6.27. The fourth-order valence-electron chi connectivity index (χ4n) is 13.9. The van der Waals surface area contributed by atoms with Crippen LogP contribution in [0.2, 0.25) is 0 Å².